The van der Waals surface area contributed by atoms with Gasteiger partial charge in [0, 0.05) is 14.2 Å². The van der Waals surface area contributed by atoms with Crippen molar-refractivity contribution in [1.82, 2.24) is 0 Å². The van der Waals surface area contributed by atoms with Gasteiger partial charge < -0.3 is 18.9 Å². The summed E-state index contributed by atoms with van der Waals surface area (Å²) in [6.07, 6.45) is 0.203. The molecule has 0 saturated heterocycles. The van der Waals surface area contributed by atoms with E-state index in [1.54, 1.807) is 18.2 Å². The fraction of sp³-hybridized carbons (Fsp3) is 0.500. The van der Waals surface area contributed by atoms with Gasteiger partial charge in [-0.25, -0.2) is 9.59 Å². The SMILES string of the molecule is CCc1ccc(C(=O)OC(COC)COC)c(C(=O)OC)c1. The largest absolute Gasteiger partial charge is 0.465 e. The second-order valence-corrected chi connectivity index (χ2v) is 4.66. The zero-order chi connectivity index (χ0) is 16.5. The second kappa shape index (κ2) is 9.17. The quantitative estimate of drug-likeness (QED) is 0.683. The Hall–Kier alpha value is -1.92. The van der Waals surface area contributed by atoms with Crippen molar-refractivity contribution >= 4 is 11.9 Å². The normalized spacial score (nSPS) is 10.6. The van der Waals surface area contributed by atoms with Crippen LogP contribution in [0, 0.1) is 0 Å². The fourth-order valence-corrected chi connectivity index (χ4v) is 1.97. The van der Waals surface area contributed by atoms with Crippen LogP contribution in [0.3, 0.4) is 0 Å². The van der Waals surface area contributed by atoms with Crippen LogP contribution in [-0.4, -0.2) is 52.6 Å². The van der Waals surface area contributed by atoms with Crippen LogP contribution in [0.25, 0.3) is 0 Å². The minimum Gasteiger partial charge on any atom is -0.465 e. The molecule has 0 aliphatic rings. The molecule has 0 radical (unpaired) electrons. The zero-order valence-electron chi connectivity index (χ0n) is 13.4. The first-order valence-electron chi connectivity index (χ1n) is 6.97. The lowest BCUT2D eigenvalue weighted by Crippen LogP contribution is -2.28. The number of carbonyl (C=O) groups excluding carboxylic acids is 2. The highest BCUT2D eigenvalue weighted by atomic mass is 16.6. The third kappa shape index (κ3) is 4.82. The van der Waals surface area contributed by atoms with Gasteiger partial charge in [-0.05, 0) is 24.1 Å². The van der Waals surface area contributed by atoms with Gasteiger partial charge in [-0.2, -0.15) is 0 Å². The summed E-state index contributed by atoms with van der Waals surface area (Å²) >= 11 is 0. The molecule has 0 N–H and O–H groups in total. The van der Waals surface area contributed by atoms with Gasteiger partial charge in [-0.1, -0.05) is 13.0 Å². The third-order valence-electron chi connectivity index (χ3n) is 3.10. The molecule has 0 aliphatic heterocycles. The van der Waals surface area contributed by atoms with Crippen molar-refractivity contribution in [1.29, 1.82) is 0 Å². The van der Waals surface area contributed by atoms with Gasteiger partial charge in [0.05, 0.1) is 31.5 Å². The Morgan fingerprint density at radius 1 is 1.00 bits per heavy atom. The van der Waals surface area contributed by atoms with Crippen molar-refractivity contribution in [3.8, 4) is 0 Å². The van der Waals surface area contributed by atoms with Crippen molar-refractivity contribution in [2.45, 2.75) is 19.4 Å². The van der Waals surface area contributed by atoms with Crippen LogP contribution in [-0.2, 0) is 25.4 Å². The molecule has 6 nitrogen and oxygen atoms in total. The van der Waals surface area contributed by atoms with Gasteiger partial charge in [0.1, 0.15) is 6.10 Å². The van der Waals surface area contributed by atoms with Gasteiger partial charge in [0.15, 0.2) is 0 Å². The van der Waals surface area contributed by atoms with Crippen LogP contribution in [0.2, 0.25) is 0 Å². The van der Waals surface area contributed by atoms with Crippen LogP contribution in [0.5, 0.6) is 0 Å². The number of ether oxygens (including phenoxy) is 4. The standard InChI is InChI=1S/C16H22O6/c1-5-11-6-7-13(14(8-11)15(17)21-4)16(18)22-12(9-19-2)10-20-3/h6-8,12H,5,9-10H2,1-4H3. The Labute approximate surface area is 130 Å². The van der Waals surface area contributed by atoms with Gasteiger partial charge in [-0.15, -0.1) is 0 Å². The van der Waals surface area contributed by atoms with E-state index in [9.17, 15) is 9.59 Å². The Bertz CT molecular complexity index is 505. The Morgan fingerprint density at radius 3 is 2.14 bits per heavy atom. The maximum atomic E-state index is 12.3. The monoisotopic (exact) mass is 310 g/mol. The number of rotatable bonds is 8. The van der Waals surface area contributed by atoms with Gasteiger partial charge in [-0.3, -0.25) is 0 Å². The molecular weight excluding hydrogens is 288 g/mol. The van der Waals surface area contributed by atoms with Crippen LogP contribution in [0.1, 0.15) is 33.2 Å². The summed E-state index contributed by atoms with van der Waals surface area (Å²) in [5, 5.41) is 0. The molecule has 6 heteroatoms. The average molecular weight is 310 g/mol. The van der Waals surface area contributed by atoms with Crippen molar-refractivity contribution in [2.24, 2.45) is 0 Å². The molecule has 0 aliphatic carbocycles. The number of hydrogen-bond donors (Lipinski definition) is 0. The topological polar surface area (TPSA) is 71.1 Å². The zero-order valence-corrected chi connectivity index (χ0v) is 13.4. The molecule has 0 unspecified atom stereocenters. The van der Waals surface area contributed by atoms with Gasteiger partial charge in [0.25, 0.3) is 0 Å². The highest BCUT2D eigenvalue weighted by Crippen LogP contribution is 2.16. The maximum Gasteiger partial charge on any atom is 0.339 e. The molecule has 0 fully saturated rings. The van der Waals surface area contributed by atoms with Gasteiger partial charge >= 0.3 is 11.9 Å². The molecule has 0 bridgehead atoms. The summed E-state index contributed by atoms with van der Waals surface area (Å²) in [4.78, 5) is 24.2. The minimum absolute atomic E-state index is 0.168. The van der Waals surface area contributed by atoms with Gasteiger partial charge in [0.2, 0.25) is 0 Å². The van der Waals surface area contributed by atoms with E-state index >= 15 is 0 Å². The lowest BCUT2D eigenvalue weighted by Gasteiger charge is -2.17. The molecule has 0 atom stereocenters. The van der Waals surface area contributed by atoms with Crippen molar-refractivity contribution in [3.63, 3.8) is 0 Å². The van der Waals surface area contributed by atoms with E-state index in [-0.39, 0.29) is 24.3 Å². The third-order valence-corrected chi connectivity index (χ3v) is 3.10. The van der Waals surface area contributed by atoms with Crippen LogP contribution >= 0.6 is 0 Å². The molecule has 0 aromatic heterocycles. The lowest BCUT2D eigenvalue weighted by molar-refractivity contribution is -0.0225. The molecular formula is C16H22O6. The Kier molecular flexibility index (Phi) is 7.56. The molecule has 0 heterocycles. The molecule has 122 valence electrons. The lowest BCUT2D eigenvalue weighted by atomic mass is 10.0. The molecule has 0 saturated carbocycles. The number of hydrogen-bond acceptors (Lipinski definition) is 6. The number of aryl methyl sites for hydroxylation is 1. The fourth-order valence-electron chi connectivity index (χ4n) is 1.97. The molecule has 1 rings (SSSR count). The summed E-state index contributed by atoms with van der Waals surface area (Å²) in [7, 11) is 4.29. The summed E-state index contributed by atoms with van der Waals surface area (Å²) in [6, 6.07) is 5.00. The first-order valence-corrected chi connectivity index (χ1v) is 6.97. The number of methoxy groups -OCH3 is 3. The first-order chi connectivity index (χ1) is 10.6. The van der Waals surface area contributed by atoms with Crippen LogP contribution < -0.4 is 0 Å². The Balaban J connectivity index is 3.02. The highest BCUT2D eigenvalue weighted by Gasteiger charge is 2.22. The second-order valence-electron chi connectivity index (χ2n) is 4.66. The smallest absolute Gasteiger partial charge is 0.339 e. The molecule has 0 amide bonds. The van der Waals surface area contributed by atoms with E-state index in [2.05, 4.69) is 0 Å². The highest BCUT2D eigenvalue weighted by molar-refractivity contribution is 6.03. The number of benzene rings is 1. The summed E-state index contributed by atoms with van der Waals surface area (Å²) < 4.78 is 20.0. The molecule has 1 aromatic carbocycles. The van der Waals surface area contributed by atoms with E-state index in [4.69, 9.17) is 18.9 Å². The predicted octanol–water partition coefficient (Wildman–Crippen LogP) is 1.85. The predicted molar refractivity (Wildman–Crippen MR) is 80.1 cm³/mol. The number of carbonyl (C=O) groups is 2. The summed E-state index contributed by atoms with van der Waals surface area (Å²) in [5.74, 6) is -1.18. The van der Waals surface area contributed by atoms with Crippen molar-refractivity contribution < 1.29 is 28.5 Å². The van der Waals surface area contributed by atoms with Crippen molar-refractivity contribution in [2.75, 3.05) is 34.5 Å². The van der Waals surface area contributed by atoms with Crippen LogP contribution in [0.15, 0.2) is 18.2 Å². The van der Waals surface area contributed by atoms with E-state index in [1.165, 1.54) is 21.3 Å². The van der Waals surface area contributed by atoms with E-state index in [1.807, 2.05) is 6.92 Å². The molecule has 1 aromatic rings. The Morgan fingerprint density at radius 2 is 1.64 bits per heavy atom. The minimum atomic E-state index is -0.609. The van der Waals surface area contributed by atoms with Crippen LogP contribution in [0.4, 0.5) is 0 Å². The average Bonchev–Trinajstić information content (AvgIpc) is 2.53. The summed E-state index contributed by atoms with van der Waals surface area (Å²) in [5.41, 5.74) is 1.30. The maximum absolute atomic E-state index is 12.3. The number of esters is 2. The van der Waals surface area contributed by atoms with E-state index < -0.39 is 18.0 Å². The molecule has 22 heavy (non-hydrogen) atoms. The van der Waals surface area contributed by atoms with E-state index in [0.29, 0.717) is 0 Å². The van der Waals surface area contributed by atoms with E-state index in [0.717, 1.165) is 12.0 Å². The first kappa shape index (κ1) is 18.1. The summed E-state index contributed by atoms with van der Waals surface area (Å²) in [6.45, 7) is 2.38. The molecule has 0 spiro atoms. The van der Waals surface area contributed by atoms with Crippen molar-refractivity contribution in [3.05, 3.63) is 34.9 Å².